The topological polar surface area (TPSA) is 174 Å². The van der Waals surface area contributed by atoms with Crippen LogP contribution in [-0.2, 0) is 38.2 Å². The van der Waals surface area contributed by atoms with Gasteiger partial charge in [-0.15, -0.1) is 0 Å². The van der Waals surface area contributed by atoms with Crippen LogP contribution >= 0.6 is 0 Å². The van der Waals surface area contributed by atoms with Gasteiger partial charge >= 0.3 is 5.97 Å². The molecule has 5 rings (SSSR count). The van der Waals surface area contributed by atoms with E-state index in [1.54, 1.807) is 20.8 Å². The van der Waals surface area contributed by atoms with Crippen LogP contribution in [-0.4, -0.2) is 86.3 Å². The summed E-state index contributed by atoms with van der Waals surface area (Å²) < 4.78 is 18.1. The molecule has 272 valence electrons. The van der Waals surface area contributed by atoms with Crippen LogP contribution in [0.1, 0.15) is 101 Å². The summed E-state index contributed by atoms with van der Waals surface area (Å²) in [6, 6.07) is 0. The Bertz CT molecular complexity index is 1500. The quantitative estimate of drug-likeness (QED) is 0.203. The molecule has 1 aliphatic heterocycles. The molecule has 5 aliphatic rings. The van der Waals surface area contributed by atoms with Crippen molar-refractivity contribution in [2.45, 2.75) is 143 Å². The Morgan fingerprint density at radius 3 is 2.27 bits per heavy atom. The van der Waals surface area contributed by atoms with Crippen molar-refractivity contribution in [1.82, 2.24) is 0 Å². The highest BCUT2D eigenvalue weighted by Crippen LogP contribution is 2.74. The first kappa shape index (κ1) is 37.7. The highest BCUT2D eigenvalue weighted by Gasteiger charge is 2.75. The van der Waals surface area contributed by atoms with E-state index in [2.05, 4.69) is 6.92 Å². The van der Waals surface area contributed by atoms with Crippen LogP contribution in [0, 0.1) is 39.4 Å². The van der Waals surface area contributed by atoms with E-state index in [4.69, 9.17) is 14.2 Å². The van der Waals surface area contributed by atoms with Gasteiger partial charge < -0.3 is 29.5 Å². The second-order valence-electron chi connectivity index (χ2n) is 17.3. The maximum atomic E-state index is 14.8. The Kier molecular flexibility index (Phi) is 9.23. The summed E-state index contributed by atoms with van der Waals surface area (Å²) in [5, 5.41) is 33.6. The summed E-state index contributed by atoms with van der Waals surface area (Å²) in [4.78, 5) is 67.0. The van der Waals surface area contributed by atoms with Crippen LogP contribution in [0.15, 0.2) is 23.8 Å². The summed E-state index contributed by atoms with van der Waals surface area (Å²) in [6.45, 7) is 16.8. The van der Waals surface area contributed by atoms with Gasteiger partial charge in [0.2, 0.25) is 12.4 Å². The van der Waals surface area contributed by atoms with Crippen LogP contribution < -0.4 is 0 Å². The summed E-state index contributed by atoms with van der Waals surface area (Å²) >= 11 is 0. The minimum atomic E-state index is -2.11. The third-order valence-electron chi connectivity index (χ3n) is 13.2. The van der Waals surface area contributed by atoms with Crippen molar-refractivity contribution in [1.29, 1.82) is 0 Å². The predicted molar refractivity (Wildman–Crippen MR) is 177 cm³/mol. The van der Waals surface area contributed by atoms with E-state index in [9.17, 15) is 39.3 Å². The number of carbonyl (C=O) groups excluding carboxylic acids is 5. The molecule has 0 bridgehead atoms. The van der Waals surface area contributed by atoms with Crippen LogP contribution in [0.5, 0.6) is 0 Å². The number of ether oxygens (including phenoxy) is 3. The second kappa shape index (κ2) is 12.0. The number of hydrogen-bond donors (Lipinski definition) is 3. The van der Waals surface area contributed by atoms with Crippen molar-refractivity contribution < 1.29 is 53.5 Å². The molecular weight excluding hydrogens is 632 g/mol. The highest BCUT2D eigenvalue weighted by molar-refractivity contribution is 5.98. The summed E-state index contributed by atoms with van der Waals surface area (Å²) in [5.74, 6) is -3.84. The molecule has 1 saturated heterocycles. The lowest BCUT2D eigenvalue weighted by Gasteiger charge is -2.64. The van der Waals surface area contributed by atoms with Crippen molar-refractivity contribution in [2.75, 3.05) is 0 Å². The van der Waals surface area contributed by atoms with E-state index >= 15 is 0 Å². The Balaban J connectivity index is 1.65. The van der Waals surface area contributed by atoms with Crippen molar-refractivity contribution >= 4 is 29.1 Å². The van der Waals surface area contributed by atoms with Crippen molar-refractivity contribution in [2.24, 2.45) is 39.4 Å². The molecule has 0 radical (unpaired) electrons. The highest BCUT2D eigenvalue weighted by atomic mass is 16.7. The van der Waals surface area contributed by atoms with Crippen LogP contribution in [0.2, 0.25) is 0 Å². The van der Waals surface area contributed by atoms with Gasteiger partial charge in [0.25, 0.3) is 0 Å². The minimum absolute atomic E-state index is 0.00889. The predicted octanol–water partition coefficient (Wildman–Crippen LogP) is 3.59. The Labute approximate surface area is 288 Å². The monoisotopic (exact) mass is 686 g/mol. The SMILES string of the molecule is CC(=O)O[C@H]1C(=O)C[C@H](C)O[C@H]1O[C@@H]1C[C@@]2(C)[C@@H]3CC=C4[C@@H](C[C@H](O)C(=O)C4(C)C)[C@]3(C)C(=O)C[C@]2(C)[C@H]1[C@@](C)(O)C(=O)C=CC(C)(C)O. The molecule has 12 atom stereocenters. The van der Waals surface area contributed by atoms with Crippen LogP contribution in [0.3, 0.4) is 0 Å². The zero-order chi connectivity index (χ0) is 36.9. The normalized spacial score (nSPS) is 43.3. The number of carbonyl (C=O) groups is 5. The second-order valence-corrected chi connectivity index (χ2v) is 17.3. The molecule has 0 spiro atoms. The van der Waals surface area contributed by atoms with Gasteiger partial charge in [-0.25, -0.2) is 0 Å². The maximum absolute atomic E-state index is 14.8. The van der Waals surface area contributed by atoms with Crippen molar-refractivity contribution in [3.8, 4) is 0 Å². The maximum Gasteiger partial charge on any atom is 0.303 e. The number of aliphatic hydroxyl groups excluding tert-OH is 1. The molecule has 1 heterocycles. The lowest BCUT2D eigenvalue weighted by molar-refractivity contribution is -0.261. The van der Waals surface area contributed by atoms with Crippen LogP contribution in [0.4, 0.5) is 0 Å². The number of rotatable bonds is 7. The first-order valence-electron chi connectivity index (χ1n) is 17.5. The molecule has 11 nitrogen and oxygen atoms in total. The van der Waals surface area contributed by atoms with Gasteiger partial charge in [0.05, 0.1) is 17.8 Å². The molecule has 4 fully saturated rings. The van der Waals surface area contributed by atoms with E-state index in [1.807, 2.05) is 19.9 Å². The van der Waals surface area contributed by atoms with Crippen molar-refractivity contribution in [3.05, 3.63) is 23.8 Å². The molecule has 3 N–H and O–H groups in total. The lowest BCUT2D eigenvalue weighted by Crippen LogP contribution is -2.65. The number of Topliss-reactive ketones (excluding diaryl/α,β-unsaturated/α-hetero) is 3. The van der Waals surface area contributed by atoms with Gasteiger partial charge in [0, 0.05) is 36.5 Å². The van der Waals surface area contributed by atoms with Gasteiger partial charge in [-0.05, 0) is 89.5 Å². The van der Waals surface area contributed by atoms with Gasteiger partial charge in [0.1, 0.15) is 17.5 Å². The number of ketones is 4. The number of allylic oxidation sites excluding steroid dienone is 2. The first-order chi connectivity index (χ1) is 22.3. The molecule has 4 aliphatic carbocycles. The number of aliphatic hydroxyl groups is 3. The summed E-state index contributed by atoms with van der Waals surface area (Å²) in [7, 11) is 0. The molecule has 0 aromatic carbocycles. The zero-order valence-electron chi connectivity index (χ0n) is 30.5. The molecule has 0 aromatic heterocycles. The average molecular weight is 687 g/mol. The van der Waals surface area contributed by atoms with E-state index in [1.165, 1.54) is 33.8 Å². The standard InChI is InChI=1S/C38H54O11/c1-19-15-23(40)29(48-20(2)39)32(47-19)49-25-17-35(7)26-12-11-21-22(16-24(41)31(44)34(21,5)6)37(26,9)28(43)18-36(35,8)30(25)38(10,46)27(42)13-14-33(3,4)45/h11,13-14,19,22,24-26,29-30,32,41,45-46H,12,15-18H2,1-10H3/t19-,22+,24-,25+,26-,29-,30-,32-,35-,36+,37-,38-/m0/s1. The molecule has 0 unspecified atom stereocenters. The molecule has 11 heteroatoms. The Hall–Kier alpha value is -2.57. The largest absolute Gasteiger partial charge is 0.449 e. The Morgan fingerprint density at radius 2 is 1.67 bits per heavy atom. The summed E-state index contributed by atoms with van der Waals surface area (Å²) in [6.07, 6.45) is -0.0746. The van der Waals surface area contributed by atoms with E-state index in [-0.39, 0.29) is 49.0 Å². The molecule has 0 aromatic rings. The summed E-state index contributed by atoms with van der Waals surface area (Å²) in [5.41, 5.74) is -6.30. The van der Waals surface area contributed by atoms with Crippen molar-refractivity contribution in [3.63, 3.8) is 0 Å². The third-order valence-corrected chi connectivity index (χ3v) is 13.2. The van der Waals surface area contributed by atoms with Gasteiger partial charge in [-0.3, -0.25) is 24.0 Å². The third kappa shape index (κ3) is 5.81. The van der Waals surface area contributed by atoms with Gasteiger partial charge in [-0.2, -0.15) is 0 Å². The molecular formula is C38H54O11. The molecule has 0 amide bonds. The number of hydrogen-bond acceptors (Lipinski definition) is 11. The van der Waals surface area contributed by atoms with Crippen LogP contribution in [0.25, 0.3) is 0 Å². The number of esters is 1. The van der Waals surface area contributed by atoms with Gasteiger partial charge in [-0.1, -0.05) is 38.5 Å². The smallest absolute Gasteiger partial charge is 0.303 e. The number of fused-ring (bicyclic) bond motifs is 5. The lowest BCUT2D eigenvalue weighted by atomic mass is 9.38. The fourth-order valence-corrected chi connectivity index (χ4v) is 10.6. The zero-order valence-corrected chi connectivity index (χ0v) is 30.5. The average Bonchev–Trinajstić information content (AvgIpc) is 3.18. The Morgan fingerprint density at radius 1 is 1.04 bits per heavy atom. The van der Waals surface area contributed by atoms with Gasteiger partial charge in [0.15, 0.2) is 17.3 Å². The molecule has 3 saturated carbocycles. The van der Waals surface area contributed by atoms with E-state index in [0.29, 0.717) is 6.42 Å². The first-order valence-corrected chi connectivity index (χ1v) is 17.5. The fraction of sp³-hybridized carbons (Fsp3) is 0.763. The van der Waals surface area contributed by atoms with E-state index in [0.717, 1.165) is 11.6 Å². The minimum Gasteiger partial charge on any atom is -0.449 e. The fourth-order valence-electron chi connectivity index (χ4n) is 10.6. The van der Waals surface area contributed by atoms with E-state index < -0.39 is 87.2 Å². The molecule has 49 heavy (non-hydrogen) atoms.